The Kier molecular flexibility index (Phi) is 6.85. The van der Waals surface area contributed by atoms with Gasteiger partial charge < -0.3 is 25.0 Å². The highest BCUT2D eigenvalue weighted by atomic mass is 16.5. The molecule has 0 bridgehead atoms. The quantitative estimate of drug-likeness (QED) is 0.549. The van der Waals surface area contributed by atoms with Crippen molar-refractivity contribution in [3.8, 4) is 11.9 Å². The Morgan fingerprint density at radius 1 is 1.21 bits per heavy atom. The van der Waals surface area contributed by atoms with E-state index in [1.165, 1.54) is 6.20 Å². The number of anilines is 1. The van der Waals surface area contributed by atoms with Crippen molar-refractivity contribution in [2.75, 3.05) is 58.4 Å². The first-order valence-corrected chi connectivity index (χ1v) is 13.5. The summed E-state index contributed by atoms with van der Waals surface area (Å²) in [4.78, 5) is 38.2. The molecule has 4 aliphatic heterocycles. The first kappa shape index (κ1) is 25.6. The van der Waals surface area contributed by atoms with Gasteiger partial charge in [0.05, 0.1) is 24.8 Å². The lowest BCUT2D eigenvalue weighted by molar-refractivity contribution is -0.120. The molecule has 0 unspecified atom stereocenters. The zero-order valence-electron chi connectivity index (χ0n) is 22.0. The van der Waals surface area contributed by atoms with E-state index < -0.39 is 11.4 Å². The molecule has 2 N–H and O–H groups in total. The molecular formula is C28H33N7O4. The van der Waals surface area contributed by atoms with E-state index in [1.54, 1.807) is 23.1 Å². The molecule has 6 rings (SSSR count). The van der Waals surface area contributed by atoms with Gasteiger partial charge in [-0.1, -0.05) is 18.2 Å². The number of piperidine rings is 1. The maximum atomic E-state index is 13.6. The first-order chi connectivity index (χ1) is 19.0. The van der Waals surface area contributed by atoms with Crippen molar-refractivity contribution < 1.29 is 19.1 Å². The topological polar surface area (TPSA) is 123 Å². The number of hydrogen-bond acceptors (Lipinski definition) is 8. The zero-order valence-corrected chi connectivity index (χ0v) is 22.0. The predicted octanol–water partition coefficient (Wildman–Crippen LogP) is 1.37. The molecule has 204 valence electrons. The van der Waals surface area contributed by atoms with Crippen LogP contribution in [0.15, 0.2) is 42.6 Å². The summed E-state index contributed by atoms with van der Waals surface area (Å²) in [5, 5.41) is 15.0. The normalized spacial score (nSPS) is 23.9. The average Bonchev–Trinajstić information content (AvgIpc) is 3.17. The summed E-state index contributed by atoms with van der Waals surface area (Å²) in [5.74, 6) is -0.263. The number of para-hydroxylation sites is 1. The smallest absolute Gasteiger partial charge is 0.318 e. The monoisotopic (exact) mass is 531 g/mol. The summed E-state index contributed by atoms with van der Waals surface area (Å²) in [5.41, 5.74) is 0.0709. The summed E-state index contributed by atoms with van der Waals surface area (Å²) in [6.45, 7) is 4.66. The maximum absolute atomic E-state index is 13.6. The number of carbonyl (C=O) groups is 2. The number of nitriles is 1. The number of benzene rings is 1. The van der Waals surface area contributed by atoms with E-state index in [0.29, 0.717) is 48.0 Å². The standard InChI is InChI=1S/C28H33N7O4/c1-33(21-17-38-18-21)19-8-12-34(13-9-19)20-15-35(16-20)27(37)32-28(22-5-2-3-7-24(22)31-26(28)36)23-6-4-11-30-25(23)39-14-10-29/h2-7,11,19-21H,8-9,12-18H2,1H3,(H,31,36)(H,32,37)/t28-/m0/s1. The van der Waals surface area contributed by atoms with Gasteiger partial charge in [-0.3, -0.25) is 14.6 Å². The van der Waals surface area contributed by atoms with E-state index in [2.05, 4.69) is 32.5 Å². The van der Waals surface area contributed by atoms with Gasteiger partial charge in [-0.2, -0.15) is 5.26 Å². The number of likely N-dealkylation sites (N-methyl/N-ethyl adjacent to an activating group) is 1. The number of nitrogens with zero attached hydrogens (tertiary/aromatic N) is 5. The van der Waals surface area contributed by atoms with Gasteiger partial charge in [-0.05, 0) is 38.1 Å². The molecule has 0 aliphatic carbocycles. The Hall–Kier alpha value is -3.72. The van der Waals surface area contributed by atoms with Crippen LogP contribution in [-0.2, 0) is 15.1 Å². The van der Waals surface area contributed by atoms with Crippen LogP contribution in [0.25, 0.3) is 0 Å². The second-order valence-corrected chi connectivity index (χ2v) is 10.7. The van der Waals surface area contributed by atoms with Crippen molar-refractivity contribution in [1.82, 2.24) is 25.0 Å². The predicted molar refractivity (Wildman–Crippen MR) is 142 cm³/mol. The van der Waals surface area contributed by atoms with Crippen molar-refractivity contribution >= 4 is 17.6 Å². The molecule has 3 fully saturated rings. The third-order valence-electron chi connectivity index (χ3n) is 8.60. The Balaban J connectivity index is 1.16. The highest BCUT2D eigenvalue weighted by Crippen LogP contribution is 2.44. The largest absolute Gasteiger partial charge is 0.462 e. The van der Waals surface area contributed by atoms with Crippen LogP contribution in [0.1, 0.15) is 24.0 Å². The summed E-state index contributed by atoms with van der Waals surface area (Å²) in [6.07, 6.45) is 3.76. The number of pyridine rings is 1. The van der Waals surface area contributed by atoms with Crippen LogP contribution in [0.4, 0.5) is 10.5 Å². The molecule has 0 spiro atoms. The maximum Gasteiger partial charge on any atom is 0.318 e. The molecule has 1 atom stereocenters. The molecule has 0 saturated carbocycles. The Labute approximate surface area is 227 Å². The van der Waals surface area contributed by atoms with Crippen LogP contribution in [0, 0.1) is 11.3 Å². The van der Waals surface area contributed by atoms with Gasteiger partial charge in [-0.25, -0.2) is 9.78 Å². The zero-order chi connectivity index (χ0) is 27.0. The van der Waals surface area contributed by atoms with Crippen LogP contribution in [-0.4, -0.2) is 103 Å². The number of nitrogens with one attached hydrogen (secondary N) is 2. The molecule has 2 aromatic rings. The van der Waals surface area contributed by atoms with Crippen molar-refractivity contribution in [2.45, 2.75) is 36.5 Å². The lowest BCUT2D eigenvalue weighted by atomic mass is 9.84. The average molecular weight is 532 g/mol. The summed E-state index contributed by atoms with van der Waals surface area (Å²) >= 11 is 0. The number of carbonyl (C=O) groups excluding carboxylic acids is 2. The molecule has 1 aromatic heterocycles. The summed E-state index contributed by atoms with van der Waals surface area (Å²) < 4.78 is 10.9. The number of ether oxygens (including phenoxy) is 2. The molecule has 5 heterocycles. The van der Waals surface area contributed by atoms with Crippen LogP contribution in [0.2, 0.25) is 0 Å². The third kappa shape index (κ3) is 4.48. The lowest BCUT2D eigenvalue weighted by Gasteiger charge is -2.49. The molecular weight excluding hydrogens is 498 g/mol. The highest BCUT2D eigenvalue weighted by Gasteiger charge is 2.53. The molecule has 4 aliphatic rings. The molecule has 11 heteroatoms. The number of fused-ring (bicyclic) bond motifs is 1. The minimum atomic E-state index is -1.54. The van der Waals surface area contributed by atoms with Gasteiger partial charge in [0.2, 0.25) is 5.88 Å². The molecule has 11 nitrogen and oxygen atoms in total. The van der Waals surface area contributed by atoms with Crippen molar-refractivity contribution in [1.29, 1.82) is 5.26 Å². The van der Waals surface area contributed by atoms with Crippen LogP contribution < -0.4 is 15.4 Å². The summed E-state index contributed by atoms with van der Waals surface area (Å²) in [6, 6.07) is 13.7. The van der Waals surface area contributed by atoms with E-state index in [9.17, 15) is 9.59 Å². The van der Waals surface area contributed by atoms with Gasteiger partial charge >= 0.3 is 6.03 Å². The SMILES string of the molecule is CN(C1CCN(C2CN(C(=O)N[C@@]3(c4cccnc4OCC#N)C(=O)Nc4ccccc43)C2)CC1)C1COC1. The third-order valence-corrected chi connectivity index (χ3v) is 8.60. The Bertz CT molecular complexity index is 1280. The van der Waals surface area contributed by atoms with Crippen LogP contribution in [0.5, 0.6) is 5.88 Å². The molecule has 3 saturated heterocycles. The highest BCUT2D eigenvalue weighted by molar-refractivity contribution is 6.10. The number of hydrogen-bond donors (Lipinski definition) is 2. The number of aromatic nitrogens is 1. The van der Waals surface area contributed by atoms with E-state index in [1.807, 2.05) is 24.3 Å². The van der Waals surface area contributed by atoms with Gasteiger partial charge in [-0.15, -0.1) is 0 Å². The fraction of sp³-hybridized carbons (Fsp3) is 0.500. The van der Waals surface area contributed by atoms with Gasteiger partial charge in [0.25, 0.3) is 5.91 Å². The van der Waals surface area contributed by atoms with Gasteiger partial charge in [0.15, 0.2) is 12.1 Å². The summed E-state index contributed by atoms with van der Waals surface area (Å²) in [7, 11) is 2.20. The second kappa shape index (κ2) is 10.4. The molecule has 0 radical (unpaired) electrons. The minimum absolute atomic E-state index is 0.133. The van der Waals surface area contributed by atoms with Crippen molar-refractivity contribution in [2.24, 2.45) is 0 Å². The number of urea groups is 1. The second-order valence-electron chi connectivity index (χ2n) is 10.7. The molecule has 3 amide bonds. The fourth-order valence-electron chi connectivity index (χ4n) is 6.11. The van der Waals surface area contributed by atoms with E-state index >= 15 is 0 Å². The Morgan fingerprint density at radius 2 is 1.95 bits per heavy atom. The van der Waals surface area contributed by atoms with Gasteiger partial charge in [0.1, 0.15) is 6.07 Å². The first-order valence-electron chi connectivity index (χ1n) is 13.5. The number of likely N-dealkylation sites (tertiary alicyclic amines) is 2. The lowest BCUT2D eigenvalue weighted by Crippen LogP contribution is -2.67. The van der Waals surface area contributed by atoms with Crippen LogP contribution >= 0.6 is 0 Å². The number of rotatable bonds is 7. The van der Waals surface area contributed by atoms with Crippen molar-refractivity contribution in [3.63, 3.8) is 0 Å². The Morgan fingerprint density at radius 3 is 2.67 bits per heavy atom. The number of amides is 3. The van der Waals surface area contributed by atoms with Crippen LogP contribution in [0.3, 0.4) is 0 Å². The minimum Gasteiger partial charge on any atom is -0.462 e. The fourth-order valence-corrected chi connectivity index (χ4v) is 6.11. The van der Waals surface area contributed by atoms with E-state index in [-0.39, 0.29) is 18.5 Å². The molecule has 39 heavy (non-hydrogen) atoms. The van der Waals surface area contributed by atoms with E-state index in [0.717, 1.165) is 39.1 Å². The van der Waals surface area contributed by atoms with E-state index in [4.69, 9.17) is 14.7 Å². The van der Waals surface area contributed by atoms with Crippen molar-refractivity contribution in [3.05, 3.63) is 53.7 Å². The van der Waals surface area contributed by atoms with Gasteiger partial charge in [0, 0.05) is 55.7 Å². The molecule has 1 aromatic carbocycles.